The third kappa shape index (κ3) is 3.51. The zero-order chi connectivity index (χ0) is 12.3. The van der Waals surface area contributed by atoms with Crippen LogP contribution in [-0.2, 0) is 6.54 Å². The Morgan fingerprint density at radius 2 is 2.24 bits per heavy atom. The van der Waals surface area contributed by atoms with Crippen LogP contribution in [0, 0.1) is 6.92 Å². The van der Waals surface area contributed by atoms with Gasteiger partial charge in [0.2, 0.25) is 0 Å². The summed E-state index contributed by atoms with van der Waals surface area (Å²) in [5.74, 6) is 0. The molecule has 1 aromatic heterocycles. The highest BCUT2D eigenvalue weighted by molar-refractivity contribution is 5.16. The Kier molecular flexibility index (Phi) is 4.13. The Balaban J connectivity index is 2.05. The van der Waals surface area contributed by atoms with Crippen molar-refractivity contribution < 1.29 is 0 Å². The summed E-state index contributed by atoms with van der Waals surface area (Å²) in [6, 6.07) is 3.47. The van der Waals surface area contributed by atoms with Crippen LogP contribution in [0.4, 0.5) is 0 Å². The molecule has 3 heteroatoms. The highest BCUT2D eigenvalue weighted by Crippen LogP contribution is 2.13. The van der Waals surface area contributed by atoms with Crippen molar-refractivity contribution in [2.45, 2.75) is 45.8 Å². The summed E-state index contributed by atoms with van der Waals surface area (Å²) in [7, 11) is 0. The maximum absolute atomic E-state index is 4.27. The number of aromatic nitrogens is 1. The smallest absolute Gasteiger partial charge is 0.0313 e. The van der Waals surface area contributed by atoms with Gasteiger partial charge in [0, 0.05) is 37.6 Å². The minimum Gasteiger partial charge on any atom is -0.313 e. The fourth-order valence-electron chi connectivity index (χ4n) is 2.48. The molecule has 2 unspecified atom stereocenters. The zero-order valence-corrected chi connectivity index (χ0v) is 11.1. The number of hydrogen-bond acceptors (Lipinski definition) is 3. The lowest BCUT2D eigenvalue weighted by Crippen LogP contribution is -2.38. The lowest BCUT2D eigenvalue weighted by molar-refractivity contribution is 0.198. The number of aryl methyl sites for hydroxylation is 1. The zero-order valence-electron chi connectivity index (χ0n) is 11.1. The van der Waals surface area contributed by atoms with Gasteiger partial charge in [0.1, 0.15) is 0 Å². The van der Waals surface area contributed by atoms with E-state index >= 15 is 0 Å². The summed E-state index contributed by atoms with van der Waals surface area (Å²) < 4.78 is 0. The Morgan fingerprint density at radius 1 is 1.41 bits per heavy atom. The minimum atomic E-state index is 0.581. The van der Waals surface area contributed by atoms with Crippen molar-refractivity contribution in [3.05, 3.63) is 29.6 Å². The first-order chi connectivity index (χ1) is 8.15. The van der Waals surface area contributed by atoms with Gasteiger partial charge in [-0.15, -0.1) is 0 Å². The second kappa shape index (κ2) is 5.61. The van der Waals surface area contributed by atoms with Gasteiger partial charge in [0.25, 0.3) is 0 Å². The molecule has 17 heavy (non-hydrogen) atoms. The van der Waals surface area contributed by atoms with Crippen molar-refractivity contribution in [2.75, 3.05) is 13.1 Å². The van der Waals surface area contributed by atoms with Crippen molar-refractivity contribution in [1.29, 1.82) is 0 Å². The highest BCUT2D eigenvalue weighted by Gasteiger charge is 2.20. The summed E-state index contributed by atoms with van der Waals surface area (Å²) in [6.07, 6.45) is 5.13. The van der Waals surface area contributed by atoms with Gasteiger partial charge in [-0.2, -0.15) is 0 Å². The van der Waals surface area contributed by atoms with E-state index in [4.69, 9.17) is 0 Å². The van der Waals surface area contributed by atoms with Crippen LogP contribution in [-0.4, -0.2) is 35.1 Å². The van der Waals surface area contributed by atoms with Gasteiger partial charge < -0.3 is 5.32 Å². The van der Waals surface area contributed by atoms with E-state index < -0.39 is 0 Å². The molecular formula is C14H23N3. The van der Waals surface area contributed by atoms with Gasteiger partial charge in [0.05, 0.1) is 0 Å². The van der Waals surface area contributed by atoms with E-state index in [1.807, 2.05) is 12.4 Å². The van der Waals surface area contributed by atoms with Gasteiger partial charge in [-0.25, -0.2) is 0 Å². The Labute approximate surface area is 104 Å². The summed E-state index contributed by atoms with van der Waals surface area (Å²) in [5.41, 5.74) is 2.57. The second-order valence-corrected chi connectivity index (χ2v) is 5.29. The average Bonchev–Trinajstić information content (AvgIpc) is 2.41. The lowest BCUT2D eigenvalue weighted by Gasteiger charge is -2.28. The fourth-order valence-corrected chi connectivity index (χ4v) is 2.48. The molecular weight excluding hydrogens is 210 g/mol. The molecule has 1 aliphatic rings. The first-order valence-corrected chi connectivity index (χ1v) is 6.53. The predicted octanol–water partition coefficient (Wildman–Crippen LogP) is 1.96. The maximum Gasteiger partial charge on any atom is 0.0313 e. The quantitative estimate of drug-likeness (QED) is 0.846. The Morgan fingerprint density at radius 3 is 3.00 bits per heavy atom. The summed E-state index contributed by atoms with van der Waals surface area (Å²) in [5, 5.41) is 3.54. The average molecular weight is 233 g/mol. The van der Waals surface area contributed by atoms with Crippen LogP contribution in [0.2, 0.25) is 0 Å². The van der Waals surface area contributed by atoms with E-state index in [1.54, 1.807) is 0 Å². The molecule has 0 spiro atoms. The molecule has 1 aromatic rings. The third-order valence-corrected chi connectivity index (χ3v) is 3.50. The van der Waals surface area contributed by atoms with Crippen LogP contribution >= 0.6 is 0 Å². The molecule has 1 N–H and O–H groups in total. The number of hydrogen-bond donors (Lipinski definition) is 1. The van der Waals surface area contributed by atoms with Gasteiger partial charge >= 0.3 is 0 Å². The molecule has 0 bridgehead atoms. The minimum absolute atomic E-state index is 0.581. The van der Waals surface area contributed by atoms with Crippen LogP contribution in [0.5, 0.6) is 0 Å². The molecule has 3 nitrogen and oxygen atoms in total. The maximum atomic E-state index is 4.27. The molecule has 0 amide bonds. The molecule has 2 heterocycles. The van der Waals surface area contributed by atoms with E-state index in [2.05, 4.69) is 42.0 Å². The second-order valence-electron chi connectivity index (χ2n) is 5.29. The molecule has 1 saturated heterocycles. The van der Waals surface area contributed by atoms with E-state index in [1.165, 1.54) is 17.5 Å². The molecule has 1 fully saturated rings. The van der Waals surface area contributed by atoms with Crippen molar-refractivity contribution in [2.24, 2.45) is 0 Å². The highest BCUT2D eigenvalue weighted by atomic mass is 15.2. The van der Waals surface area contributed by atoms with Crippen LogP contribution in [0.25, 0.3) is 0 Å². The molecule has 2 rings (SSSR count). The molecule has 1 aliphatic heterocycles. The van der Waals surface area contributed by atoms with E-state index in [-0.39, 0.29) is 0 Å². The van der Waals surface area contributed by atoms with Crippen LogP contribution < -0.4 is 5.32 Å². The van der Waals surface area contributed by atoms with E-state index in [9.17, 15) is 0 Å². The third-order valence-electron chi connectivity index (χ3n) is 3.50. The molecule has 2 atom stereocenters. The number of nitrogens with one attached hydrogen (secondary N) is 1. The van der Waals surface area contributed by atoms with Crippen molar-refractivity contribution in [3.8, 4) is 0 Å². The van der Waals surface area contributed by atoms with Gasteiger partial charge in [-0.3, -0.25) is 9.88 Å². The number of pyridine rings is 1. The van der Waals surface area contributed by atoms with Crippen molar-refractivity contribution >= 4 is 0 Å². The van der Waals surface area contributed by atoms with Crippen LogP contribution in [0.1, 0.15) is 31.4 Å². The van der Waals surface area contributed by atoms with Crippen molar-refractivity contribution in [1.82, 2.24) is 15.2 Å². The summed E-state index contributed by atoms with van der Waals surface area (Å²) >= 11 is 0. The van der Waals surface area contributed by atoms with Crippen LogP contribution in [0.3, 0.4) is 0 Å². The topological polar surface area (TPSA) is 28.2 Å². The van der Waals surface area contributed by atoms with Gasteiger partial charge in [-0.05, 0) is 44.9 Å². The predicted molar refractivity (Wildman–Crippen MR) is 70.9 cm³/mol. The molecule has 94 valence electrons. The monoisotopic (exact) mass is 233 g/mol. The lowest BCUT2D eigenvalue weighted by atomic mass is 10.1. The standard InChI is InChI=1S/C14H23N3/c1-11-6-14(8-15-7-11)10-17-9-12(2)16-5-4-13(17)3/h6-8,12-13,16H,4-5,9-10H2,1-3H3. The van der Waals surface area contributed by atoms with E-state index in [0.717, 1.165) is 19.6 Å². The van der Waals surface area contributed by atoms with E-state index in [0.29, 0.717) is 12.1 Å². The normalized spacial score (nSPS) is 26.8. The molecule has 0 aliphatic carbocycles. The van der Waals surface area contributed by atoms with Crippen LogP contribution in [0.15, 0.2) is 18.5 Å². The molecule has 0 aromatic carbocycles. The number of nitrogens with zero attached hydrogens (tertiary/aromatic N) is 2. The van der Waals surface area contributed by atoms with Crippen molar-refractivity contribution in [3.63, 3.8) is 0 Å². The number of rotatable bonds is 2. The largest absolute Gasteiger partial charge is 0.313 e. The molecule has 0 saturated carbocycles. The Bertz CT molecular complexity index is 364. The first-order valence-electron chi connectivity index (χ1n) is 6.53. The summed E-state index contributed by atoms with van der Waals surface area (Å²) in [4.78, 5) is 6.83. The van der Waals surface area contributed by atoms with Gasteiger partial charge in [0.15, 0.2) is 0 Å². The fraction of sp³-hybridized carbons (Fsp3) is 0.643. The van der Waals surface area contributed by atoms with Gasteiger partial charge in [-0.1, -0.05) is 6.07 Å². The molecule has 0 radical (unpaired) electrons. The summed E-state index contributed by atoms with van der Waals surface area (Å²) in [6.45, 7) is 9.96. The Hall–Kier alpha value is -0.930. The first kappa shape index (κ1) is 12.5. The SMILES string of the molecule is Cc1cncc(CN2CC(C)NCCC2C)c1.